The molecule has 0 aliphatic carbocycles. The third kappa shape index (κ3) is 4.13. The predicted octanol–water partition coefficient (Wildman–Crippen LogP) is 2.31. The van der Waals surface area contributed by atoms with Crippen LogP contribution in [0.15, 0.2) is 39.9 Å². The van der Waals surface area contributed by atoms with Gasteiger partial charge < -0.3 is 19.0 Å². The largest absolute Gasteiger partial charge is 0.497 e. The number of aromatic nitrogens is 1. The molecule has 0 atom stereocenters. The van der Waals surface area contributed by atoms with Gasteiger partial charge in [0.25, 0.3) is 0 Å². The molecule has 0 radical (unpaired) electrons. The SMILES string of the molecule is COc1ccc(CN(Cc2coc(C)n2)C2=NC3(CCN(C)CC3)ON2)cc1. The number of likely N-dealkylation sites (tertiary alicyclic amines) is 1. The van der Waals surface area contributed by atoms with Crippen LogP contribution in [0.3, 0.4) is 0 Å². The van der Waals surface area contributed by atoms with Gasteiger partial charge in [-0.1, -0.05) is 12.1 Å². The summed E-state index contributed by atoms with van der Waals surface area (Å²) < 4.78 is 10.6. The fourth-order valence-corrected chi connectivity index (χ4v) is 3.53. The number of aryl methyl sites for hydroxylation is 1. The highest BCUT2D eigenvalue weighted by atomic mass is 16.7. The summed E-state index contributed by atoms with van der Waals surface area (Å²) in [5.41, 5.74) is 4.61. The van der Waals surface area contributed by atoms with E-state index in [-0.39, 0.29) is 0 Å². The highest BCUT2D eigenvalue weighted by Gasteiger charge is 2.40. The van der Waals surface area contributed by atoms with Crippen molar-refractivity contribution >= 4 is 5.96 Å². The number of rotatable bonds is 5. The molecular weight excluding hydrogens is 358 g/mol. The Morgan fingerprint density at radius 2 is 1.96 bits per heavy atom. The molecule has 4 rings (SSSR count). The van der Waals surface area contributed by atoms with Crippen molar-refractivity contribution in [3.8, 4) is 5.75 Å². The number of piperidine rings is 1. The Kier molecular flexibility index (Phi) is 5.23. The molecule has 150 valence electrons. The summed E-state index contributed by atoms with van der Waals surface area (Å²) in [7, 11) is 3.80. The highest BCUT2D eigenvalue weighted by Crippen LogP contribution is 2.30. The van der Waals surface area contributed by atoms with Gasteiger partial charge in [0, 0.05) is 39.4 Å². The van der Waals surface area contributed by atoms with Gasteiger partial charge in [-0.15, -0.1) is 0 Å². The van der Waals surface area contributed by atoms with Gasteiger partial charge in [0.1, 0.15) is 12.0 Å². The van der Waals surface area contributed by atoms with Crippen LogP contribution in [0.25, 0.3) is 0 Å². The van der Waals surface area contributed by atoms with Crippen LogP contribution in [0, 0.1) is 6.92 Å². The molecule has 0 saturated carbocycles. The summed E-state index contributed by atoms with van der Waals surface area (Å²) in [6.45, 7) is 5.04. The molecule has 0 unspecified atom stereocenters. The summed E-state index contributed by atoms with van der Waals surface area (Å²) in [4.78, 5) is 19.8. The van der Waals surface area contributed by atoms with Crippen LogP contribution in [0.4, 0.5) is 0 Å². The standard InChI is InChI=1S/C20H27N5O3/c1-15-21-17(14-27-15)13-25(12-16-4-6-18(26-3)7-5-16)19-22-20(28-23-19)8-10-24(2)11-9-20/h4-7,14H,8-13H2,1-3H3,(H,22,23). The number of oxazole rings is 1. The van der Waals surface area contributed by atoms with Gasteiger partial charge in [0.05, 0.1) is 19.3 Å². The smallest absolute Gasteiger partial charge is 0.222 e. The maximum atomic E-state index is 5.95. The zero-order chi connectivity index (χ0) is 19.6. The van der Waals surface area contributed by atoms with Crippen molar-refractivity contribution < 1.29 is 14.0 Å². The molecule has 2 aliphatic rings. The van der Waals surface area contributed by atoms with E-state index in [1.807, 2.05) is 19.1 Å². The van der Waals surface area contributed by atoms with Crippen molar-refractivity contribution in [3.05, 3.63) is 47.7 Å². The minimum absolute atomic E-state index is 0.472. The Hall–Kier alpha value is -2.58. The summed E-state index contributed by atoms with van der Waals surface area (Å²) in [6, 6.07) is 8.04. The molecule has 1 spiro atoms. The van der Waals surface area contributed by atoms with E-state index in [0.29, 0.717) is 19.0 Å². The van der Waals surface area contributed by atoms with Crippen molar-refractivity contribution in [2.45, 2.75) is 38.6 Å². The van der Waals surface area contributed by atoms with Gasteiger partial charge in [-0.3, -0.25) is 0 Å². The first-order valence-electron chi connectivity index (χ1n) is 9.56. The molecule has 2 aromatic rings. The second kappa shape index (κ2) is 7.81. The summed E-state index contributed by atoms with van der Waals surface area (Å²) >= 11 is 0. The maximum absolute atomic E-state index is 5.95. The molecule has 2 aliphatic heterocycles. The zero-order valence-corrected chi connectivity index (χ0v) is 16.6. The van der Waals surface area contributed by atoms with E-state index in [2.05, 4.69) is 39.4 Å². The lowest BCUT2D eigenvalue weighted by molar-refractivity contribution is -0.0875. The fourth-order valence-electron chi connectivity index (χ4n) is 3.53. The quantitative estimate of drug-likeness (QED) is 0.846. The first kappa shape index (κ1) is 18.8. The monoisotopic (exact) mass is 385 g/mol. The average Bonchev–Trinajstić information content (AvgIpc) is 3.31. The van der Waals surface area contributed by atoms with Crippen LogP contribution in [0.5, 0.6) is 5.75 Å². The number of hydrogen-bond acceptors (Lipinski definition) is 8. The minimum Gasteiger partial charge on any atom is -0.497 e. The topological polar surface area (TPSA) is 75.4 Å². The second-order valence-electron chi connectivity index (χ2n) is 7.45. The van der Waals surface area contributed by atoms with Crippen molar-refractivity contribution in [2.75, 3.05) is 27.2 Å². The van der Waals surface area contributed by atoms with Crippen molar-refractivity contribution in [1.29, 1.82) is 0 Å². The molecule has 1 N–H and O–H groups in total. The Labute approximate surface area is 165 Å². The normalized spacial score (nSPS) is 18.8. The van der Waals surface area contributed by atoms with Gasteiger partial charge in [-0.05, 0) is 24.7 Å². The number of hydroxylamine groups is 1. The fraction of sp³-hybridized carbons (Fsp3) is 0.500. The van der Waals surface area contributed by atoms with E-state index in [9.17, 15) is 0 Å². The average molecular weight is 385 g/mol. The third-order valence-corrected chi connectivity index (χ3v) is 5.26. The number of nitrogens with zero attached hydrogens (tertiary/aromatic N) is 4. The number of aliphatic imine (C=N–C) groups is 1. The van der Waals surface area contributed by atoms with E-state index in [0.717, 1.165) is 48.9 Å². The Morgan fingerprint density at radius 3 is 2.61 bits per heavy atom. The Morgan fingerprint density at radius 1 is 1.21 bits per heavy atom. The number of methoxy groups -OCH3 is 1. The van der Waals surface area contributed by atoms with Crippen LogP contribution >= 0.6 is 0 Å². The highest BCUT2D eigenvalue weighted by molar-refractivity contribution is 5.80. The molecule has 28 heavy (non-hydrogen) atoms. The van der Waals surface area contributed by atoms with Gasteiger partial charge in [-0.25, -0.2) is 20.3 Å². The Balaban J connectivity index is 1.55. The van der Waals surface area contributed by atoms with Gasteiger partial charge in [0.15, 0.2) is 11.6 Å². The van der Waals surface area contributed by atoms with E-state index in [1.54, 1.807) is 13.4 Å². The molecule has 1 fully saturated rings. The molecule has 3 heterocycles. The van der Waals surface area contributed by atoms with Crippen molar-refractivity contribution in [2.24, 2.45) is 4.99 Å². The van der Waals surface area contributed by atoms with Crippen LogP contribution in [-0.4, -0.2) is 53.7 Å². The van der Waals surface area contributed by atoms with Crippen molar-refractivity contribution in [3.63, 3.8) is 0 Å². The number of guanidine groups is 1. The molecule has 8 nitrogen and oxygen atoms in total. The molecule has 0 amide bonds. The van der Waals surface area contributed by atoms with E-state index in [4.69, 9.17) is 19.0 Å². The van der Waals surface area contributed by atoms with Crippen molar-refractivity contribution in [1.82, 2.24) is 20.3 Å². The van der Waals surface area contributed by atoms with Gasteiger partial charge in [0.2, 0.25) is 5.96 Å². The molecule has 1 aromatic heterocycles. The molecule has 8 heteroatoms. The van der Waals surface area contributed by atoms with Crippen LogP contribution in [0.1, 0.15) is 30.0 Å². The number of benzene rings is 1. The van der Waals surface area contributed by atoms with Crippen LogP contribution in [0.2, 0.25) is 0 Å². The van der Waals surface area contributed by atoms with Crippen LogP contribution in [-0.2, 0) is 17.9 Å². The first-order chi connectivity index (χ1) is 13.5. The van der Waals surface area contributed by atoms with E-state index >= 15 is 0 Å². The first-order valence-corrected chi connectivity index (χ1v) is 9.56. The summed E-state index contributed by atoms with van der Waals surface area (Å²) in [6.07, 6.45) is 3.44. The second-order valence-corrected chi connectivity index (χ2v) is 7.45. The lowest BCUT2D eigenvalue weighted by Gasteiger charge is -2.33. The Bertz CT molecular complexity index is 825. The summed E-state index contributed by atoms with van der Waals surface area (Å²) in [5, 5.41) is 0. The van der Waals surface area contributed by atoms with Gasteiger partial charge in [-0.2, -0.15) is 0 Å². The third-order valence-electron chi connectivity index (χ3n) is 5.26. The number of hydrogen-bond donors (Lipinski definition) is 1. The summed E-state index contributed by atoms with van der Waals surface area (Å²) in [5.74, 6) is 2.23. The van der Waals surface area contributed by atoms with E-state index < -0.39 is 5.72 Å². The molecule has 0 bridgehead atoms. The molecule has 1 aromatic carbocycles. The predicted molar refractivity (Wildman–Crippen MR) is 105 cm³/mol. The molecule has 1 saturated heterocycles. The zero-order valence-electron chi connectivity index (χ0n) is 16.6. The number of ether oxygens (including phenoxy) is 1. The maximum Gasteiger partial charge on any atom is 0.222 e. The van der Waals surface area contributed by atoms with E-state index in [1.165, 1.54) is 0 Å². The number of nitrogens with one attached hydrogen (secondary N) is 1. The van der Waals surface area contributed by atoms with Crippen LogP contribution < -0.4 is 10.2 Å². The van der Waals surface area contributed by atoms with Gasteiger partial charge >= 0.3 is 0 Å². The minimum atomic E-state index is -0.472. The lowest BCUT2D eigenvalue weighted by Crippen LogP contribution is -2.43. The molecular formula is C20H27N5O3. The lowest BCUT2D eigenvalue weighted by atomic mass is 10.0.